The summed E-state index contributed by atoms with van der Waals surface area (Å²) in [5.41, 5.74) is 2.31. The van der Waals surface area contributed by atoms with Crippen molar-refractivity contribution >= 4 is 22.5 Å². The van der Waals surface area contributed by atoms with Crippen LogP contribution in [0.5, 0.6) is 0 Å². The van der Waals surface area contributed by atoms with Crippen LogP contribution in [0, 0.1) is 13.8 Å². The number of hydrogen-bond acceptors (Lipinski definition) is 2. The fraction of sp³-hybridized carbons (Fsp3) is 0.158. The lowest BCUT2D eigenvalue weighted by Gasteiger charge is -2.11. The molecule has 0 atom stereocenters. The number of alkyl halides is 3. The van der Waals surface area contributed by atoms with Crippen molar-refractivity contribution in [2.45, 2.75) is 20.0 Å². The topological polar surface area (TPSA) is 42.0 Å². The molecule has 0 fully saturated rings. The van der Waals surface area contributed by atoms with Crippen molar-refractivity contribution in [3.8, 4) is 0 Å². The Kier molecular flexibility index (Phi) is 4.20. The summed E-state index contributed by atoms with van der Waals surface area (Å²) in [6, 6.07) is 11.8. The van der Waals surface area contributed by atoms with Crippen LogP contribution >= 0.6 is 0 Å². The first-order chi connectivity index (χ1) is 11.7. The smallest absolute Gasteiger partial charge is 0.322 e. The molecule has 0 saturated heterocycles. The van der Waals surface area contributed by atoms with Crippen molar-refractivity contribution in [2.75, 3.05) is 5.32 Å². The number of fused-ring (bicyclic) bond motifs is 1. The third kappa shape index (κ3) is 3.63. The molecule has 3 rings (SSSR count). The largest absolute Gasteiger partial charge is 0.416 e. The lowest BCUT2D eigenvalue weighted by Crippen LogP contribution is -2.14. The molecule has 0 aliphatic rings. The van der Waals surface area contributed by atoms with Gasteiger partial charge in [-0.1, -0.05) is 11.6 Å². The molecule has 3 aromatic rings. The van der Waals surface area contributed by atoms with Crippen LogP contribution in [0.25, 0.3) is 10.9 Å². The normalized spacial score (nSPS) is 11.6. The van der Waals surface area contributed by atoms with Gasteiger partial charge >= 0.3 is 6.18 Å². The highest BCUT2D eigenvalue weighted by Crippen LogP contribution is 2.30. The van der Waals surface area contributed by atoms with Crippen LogP contribution in [0.2, 0.25) is 0 Å². The molecule has 2 aromatic carbocycles. The first kappa shape index (κ1) is 17.0. The summed E-state index contributed by atoms with van der Waals surface area (Å²) in [5, 5.41) is 3.45. The van der Waals surface area contributed by atoms with Gasteiger partial charge in [0, 0.05) is 11.1 Å². The standard InChI is InChI=1S/C19H15F3N2O/c1-11-3-8-17-13(9-11)10-16(12(2)23-17)18(25)24-15-6-4-14(5-7-15)19(20,21)22/h3-10H,1-2H3,(H,24,25). The summed E-state index contributed by atoms with van der Waals surface area (Å²) < 4.78 is 37.8. The van der Waals surface area contributed by atoms with Gasteiger partial charge in [0.25, 0.3) is 5.91 Å². The maximum atomic E-state index is 12.6. The molecule has 0 bridgehead atoms. The Labute approximate surface area is 142 Å². The van der Waals surface area contributed by atoms with E-state index >= 15 is 0 Å². The lowest BCUT2D eigenvalue weighted by molar-refractivity contribution is -0.137. The van der Waals surface area contributed by atoms with E-state index in [0.29, 0.717) is 16.9 Å². The first-order valence-corrected chi connectivity index (χ1v) is 7.61. The molecule has 1 aromatic heterocycles. The van der Waals surface area contributed by atoms with Gasteiger partial charge in [0.2, 0.25) is 0 Å². The zero-order valence-electron chi connectivity index (χ0n) is 13.6. The quantitative estimate of drug-likeness (QED) is 0.701. The molecule has 0 saturated carbocycles. The summed E-state index contributed by atoms with van der Waals surface area (Å²) in [7, 11) is 0. The van der Waals surface area contributed by atoms with Crippen LogP contribution in [0.1, 0.15) is 27.2 Å². The highest BCUT2D eigenvalue weighted by atomic mass is 19.4. The van der Waals surface area contributed by atoms with Gasteiger partial charge in [0.05, 0.1) is 22.3 Å². The number of benzene rings is 2. The number of halogens is 3. The van der Waals surface area contributed by atoms with Gasteiger partial charge in [-0.05, 0) is 56.3 Å². The maximum Gasteiger partial charge on any atom is 0.416 e. The predicted molar refractivity (Wildman–Crippen MR) is 90.6 cm³/mol. The minimum absolute atomic E-state index is 0.293. The van der Waals surface area contributed by atoms with Gasteiger partial charge < -0.3 is 5.32 Å². The summed E-state index contributed by atoms with van der Waals surface area (Å²) >= 11 is 0. The van der Waals surface area contributed by atoms with Gasteiger partial charge in [-0.15, -0.1) is 0 Å². The van der Waals surface area contributed by atoms with E-state index in [0.717, 1.165) is 28.6 Å². The molecular weight excluding hydrogens is 329 g/mol. The SMILES string of the molecule is Cc1ccc2nc(C)c(C(=O)Nc3ccc(C(F)(F)F)cc3)cc2c1. The molecule has 1 amide bonds. The van der Waals surface area contributed by atoms with Crippen LogP contribution in [0.15, 0.2) is 48.5 Å². The van der Waals surface area contributed by atoms with Crippen LogP contribution in [0.4, 0.5) is 18.9 Å². The summed E-state index contributed by atoms with van der Waals surface area (Å²) in [4.78, 5) is 16.9. The second kappa shape index (κ2) is 6.20. The maximum absolute atomic E-state index is 12.6. The summed E-state index contributed by atoms with van der Waals surface area (Å²) in [6.07, 6.45) is -4.40. The fourth-order valence-corrected chi connectivity index (χ4v) is 2.56. The number of nitrogens with zero attached hydrogens (tertiary/aromatic N) is 1. The van der Waals surface area contributed by atoms with Crippen molar-refractivity contribution < 1.29 is 18.0 Å². The van der Waals surface area contributed by atoms with E-state index in [1.54, 1.807) is 13.0 Å². The van der Waals surface area contributed by atoms with E-state index in [4.69, 9.17) is 0 Å². The zero-order chi connectivity index (χ0) is 18.2. The molecular formula is C19H15F3N2O. The van der Waals surface area contributed by atoms with E-state index in [-0.39, 0.29) is 0 Å². The van der Waals surface area contributed by atoms with Gasteiger partial charge in [0.1, 0.15) is 0 Å². The molecule has 6 heteroatoms. The Hall–Kier alpha value is -2.89. The van der Waals surface area contributed by atoms with Crippen molar-refractivity contribution in [3.63, 3.8) is 0 Å². The number of carbonyl (C=O) groups is 1. The fourth-order valence-electron chi connectivity index (χ4n) is 2.56. The first-order valence-electron chi connectivity index (χ1n) is 7.61. The number of aromatic nitrogens is 1. The molecule has 3 nitrogen and oxygen atoms in total. The molecule has 0 unspecified atom stereocenters. The Balaban J connectivity index is 1.88. The van der Waals surface area contributed by atoms with Crippen LogP contribution < -0.4 is 5.32 Å². The second-order valence-electron chi connectivity index (χ2n) is 5.85. The minimum atomic E-state index is -4.40. The number of amides is 1. The summed E-state index contributed by atoms with van der Waals surface area (Å²) in [6.45, 7) is 3.67. The Morgan fingerprint density at radius 1 is 1.00 bits per heavy atom. The average molecular weight is 344 g/mol. The molecule has 1 heterocycles. The van der Waals surface area contributed by atoms with E-state index in [1.807, 2.05) is 25.1 Å². The number of anilines is 1. The summed E-state index contributed by atoms with van der Waals surface area (Å²) in [5.74, 6) is -0.409. The van der Waals surface area contributed by atoms with Crippen LogP contribution in [-0.2, 0) is 6.18 Å². The van der Waals surface area contributed by atoms with Crippen molar-refractivity contribution in [1.29, 1.82) is 0 Å². The van der Waals surface area contributed by atoms with E-state index in [2.05, 4.69) is 10.3 Å². The highest BCUT2D eigenvalue weighted by molar-refractivity contribution is 6.06. The minimum Gasteiger partial charge on any atom is -0.322 e. The molecule has 128 valence electrons. The Morgan fingerprint density at radius 2 is 1.68 bits per heavy atom. The van der Waals surface area contributed by atoms with Gasteiger partial charge in [-0.2, -0.15) is 13.2 Å². The van der Waals surface area contributed by atoms with Crippen molar-refractivity contribution in [3.05, 3.63) is 70.9 Å². The number of aryl methyl sites for hydroxylation is 2. The monoisotopic (exact) mass is 344 g/mol. The van der Waals surface area contributed by atoms with Crippen molar-refractivity contribution in [2.24, 2.45) is 0 Å². The number of rotatable bonds is 2. The molecule has 0 spiro atoms. The Morgan fingerprint density at radius 3 is 2.32 bits per heavy atom. The lowest BCUT2D eigenvalue weighted by atomic mass is 10.1. The van der Waals surface area contributed by atoms with Crippen LogP contribution in [0.3, 0.4) is 0 Å². The second-order valence-corrected chi connectivity index (χ2v) is 5.85. The third-order valence-corrected chi connectivity index (χ3v) is 3.88. The van der Waals surface area contributed by atoms with Gasteiger partial charge in [-0.25, -0.2) is 0 Å². The number of pyridine rings is 1. The Bertz CT molecular complexity index is 947. The van der Waals surface area contributed by atoms with Crippen molar-refractivity contribution in [1.82, 2.24) is 4.98 Å². The van der Waals surface area contributed by atoms with Gasteiger partial charge in [0.15, 0.2) is 0 Å². The van der Waals surface area contributed by atoms with E-state index < -0.39 is 17.6 Å². The molecule has 0 aliphatic carbocycles. The van der Waals surface area contributed by atoms with E-state index in [1.165, 1.54) is 12.1 Å². The number of carbonyl (C=O) groups excluding carboxylic acids is 1. The highest BCUT2D eigenvalue weighted by Gasteiger charge is 2.30. The van der Waals surface area contributed by atoms with Gasteiger partial charge in [-0.3, -0.25) is 9.78 Å². The molecule has 25 heavy (non-hydrogen) atoms. The molecule has 0 radical (unpaired) electrons. The molecule has 0 aliphatic heterocycles. The van der Waals surface area contributed by atoms with E-state index in [9.17, 15) is 18.0 Å². The molecule has 1 N–H and O–H groups in total. The average Bonchev–Trinajstić information content (AvgIpc) is 2.54. The van der Waals surface area contributed by atoms with Crippen LogP contribution in [-0.4, -0.2) is 10.9 Å². The third-order valence-electron chi connectivity index (χ3n) is 3.88. The number of hydrogen-bond donors (Lipinski definition) is 1. The zero-order valence-corrected chi connectivity index (χ0v) is 13.6. The number of nitrogens with one attached hydrogen (secondary N) is 1. The predicted octanol–water partition coefficient (Wildman–Crippen LogP) is 5.12.